The summed E-state index contributed by atoms with van der Waals surface area (Å²) in [5.74, 6) is -0.313. The van der Waals surface area contributed by atoms with Crippen molar-refractivity contribution in [3.63, 3.8) is 0 Å². The number of carbonyl (C=O) groups excluding carboxylic acids is 1. The van der Waals surface area contributed by atoms with E-state index >= 15 is 0 Å². The fourth-order valence-corrected chi connectivity index (χ4v) is 4.25. The maximum absolute atomic E-state index is 12.3. The third kappa shape index (κ3) is 9.11. The Morgan fingerprint density at radius 2 is 1.71 bits per heavy atom. The van der Waals surface area contributed by atoms with Crippen molar-refractivity contribution < 1.29 is 21.5 Å². The third-order valence-corrected chi connectivity index (χ3v) is 6.29. The molecule has 2 saturated heterocycles. The molecule has 3 N–H and O–H groups in total. The lowest BCUT2D eigenvalue weighted by Gasteiger charge is -2.26. The molecule has 1 amide bonds. The highest BCUT2D eigenvalue weighted by Gasteiger charge is 2.14. The first kappa shape index (κ1) is 29.1. The molecule has 2 aromatic carbocycles. The zero-order chi connectivity index (χ0) is 27.0. The summed E-state index contributed by atoms with van der Waals surface area (Å²) in [7, 11) is 0. The van der Waals surface area contributed by atoms with Gasteiger partial charge in [0.2, 0.25) is 6.41 Å². The molecule has 0 unspecified atom stereocenters. The minimum Gasteiger partial charge on any atom is -0.408 e. The van der Waals surface area contributed by atoms with E-state index in [1.807, 2.05) is 18.2 Å². The van der Waals surface area contributed by atoms with Crippen molar-refractivity contribution in [3.05, 3.63) is 58.6 Å². The largest absolute Gasteiger partial charge is 0.419 e. The Balaban J connectivity index is 0.000000570. The lowest BCUT2D eigenvalue weighted by atomic mass is 10.0. The van der Waals surface area contributed by atoms with Crippen LogP contribution in [0.3, 0.4) is 0 Å². The van der Waals surface area contributed by atoms with Crippen molar-refractivity contribution in [2.24, 2.45) is 5.73 Å². The number of nitrogens with two attached hydrogens (primary N) is 1. The molecule has 10 heteroatoms. The van der Waals surface area contributed by atoms with Gasteiger partial charge in [0, 0.05) is 48.6 Å². The Hall–Kier alpha value is -3.49. The van der Waals surface area contributed by atoms with E-state index in [0.29, 0.717) is 18.5 Å². The van der Waals surface area contributed by atoms with E-state index in [-0.39, 0.29) is 15.0 Å². The number of amides is 1. The number of aromatic nitrogens is 1. The maximum Gasteiger partial charge on any atom is 0.419 e. The lowest BCUT2D eigenvalue weighted by Crippen LogP contribution is -2.38. The molecule has 2 aliphatic rings. The Morgan fingerprint density at radius 1 is 1.00 bits per heavy atom. The van der Waals surface area contributed by atoms with Gasteiger partial charge in [-0.2, -0.15) is 5.26 Å². The molecule has 1 aromatic heterocycles. The van der Waals surface area contributed by atoms with Gasteiger partial charge in [-0.3, -0.25) is 14.3 Å². The van der Waals surface area contributed by atoms with Gasteiger partial charge in [0.05, 0.1) is 31.4 Å². The van der Waals surface area contributed by atoms with Crippen LogP contribution in [0.5, 0.6) is 0 Å². The molecule has 2 aliphatic heterocycles. The third-order valence-electron chi connectivity index (χ3n) is 6.29. The van der Waals surface area contributed by atoms with Crippen LogP contribution in [-0.4, -0.2) is 75.0 Å². The Morgan fingerprint density at radius 3 is 2.45 bits per heavy atom. The van der Waals surface area contributed by atoms with Crippen LogP contribution in [0, 0.1) is 11.3 Å². The van der Waals surface area contributed by atoms with Crippen LogP contribution in [0.1, 0.15) is 21.3 Å². The number of morpholine rings is 1. The van der Waals surface area contributed by atoms with E-state index in [4.69, 9.17) is 23.9 Å². The first-order valence-corrected chi connectivity index (χ1v) is 13.0. The van der Waals surface area contributed by atoms with Gasteiger partial charge in [0.1, 0.15) is 0 Å². The summed E-state index contributed by atoms with van der Waals surface area (Å²) in [4.78, 5) is 23.2. The summed E-state index contributed by atoms with van der Waals surface area (Å²) in [5.41, 5.74) is 8.87. The number of oxazole rings is 1. The second-order valence-corrected chi connectivity index (χ2v) is 8.86. The number of hydrogen-bond donors (Lipinski definition) is 2. The van der Waals surface area contributed by atoms with Gasteiger partial charge in [-0.25, -0.2) is 4.79 Å². The first-order chi connectivity index (χ1) is 18.7. The van der Waals surface area contributed by atoms with Gasteiger partial charge in [-0.1, -0.05) is 30.3 Å². The second-order valence-electron chi connectivity index (χ2n) is 8.86. The maximum atomic E-state index is 12.3. The highest BCUT2D eigenvalue weighted by molar-refractivity contribution is 5.80. The van der Waals surface area contributed by atoms with Gasteiger partial charge in [0.15, 0.2) is 5.58 Å². The van der Waals surface area contributed by atoms with E-state index in [9.17, 15) is 4.79 Å². The Kier molecular flexibility index (Phi) is 12.5. The van der Waals surface area contributed by atoms with Gasteiger partial charge >= 0.3 is 5.76 Å². The normalized spacial score (nSPS) is 15.8. The first-order valence-electron chi connectivity index (χ1n) is 13.0. The molecule has 0 radical (unpaired) electrons. The number of carbonyl (C=O) groups is 1. The van der Waals surface area contributed by atoms with Crippen LogP contribution in [0.2, 0.25) is 0 Å². The van der Waals surface area contributed by atoms with Crippen molar-refractivity contribution in [1.29, 1.82) is 5.26 Å². The number of aryl methyl sites for hydroxylation is 1. The monoisotopic (exact) mass is 527 g/mol. The number of nitrogens with zero attached hydrogens (tertiary/aromatic N) is 3. The zero-order valence-corrected chi connectivity index (χ0v) is 21.8. The number of rotatable bonds is 6. The second kappa shape index (κ2) is 16.4. The van der Waals surface area contributed by atoms with E-state index < -0.39 is 0 Å². The zero-order valence-electron chi connectivity index (χ0n) is 21.8. The molecule has 0 saturated carbocycles. The molecule has 208 valence electrons. The molecule has 3 heterocycles. The summed E-state index contributed by atoms with van der Waals surface area (Å²) in [5, 5.41) is 11.9. The van der Waals surface area contributed by atoms with Crippen LogP contribution in [0.15, 0.2) is 51.7 Å². The summed E-state index contributed by atoms with van der Waals surface area (Å²) in [6.07, 6.45) is 2.70. The van der Waals surface area contributed by atoms with Gasteiger partial charge in [0.25, 0.3) is 0 Å². The SMILES string of the molecule is C1CNCCOC1.N#CCCc1ccc(-c2ccc3oc(=O)n(CCN4CCOCC4)c3c2)cc1.NC=O.[HH].[HH]. The standard InChI is InChI=1S/C22H23N3O3.C5H11NO.CH3NO.2H2/c23-9-1-2-17-3-5-18(6-4-17)19-7-8-21-20(16-19)25(22(26)28-21)11-10-24-12-14-27-15-13-24;1-2-6-3-5-7-4-1;2-1-3;;/h3-8,16H,1-2,10-15H2;6H,1-5H2;1H,(H2,2,3);2*1H. The van der Waals surface area contributed by atoms with Gasteiger partial charge in [-0.05, 0) is 48.2 Å². The summed E-state index contributed by atoms with van der Waals surface area (Å²) < 4.78 is 17.7. The predicted octanol–water partition coefficient (Wildman–Crippen LogP) is 2.64. The Labute approximate surface area is 225 Å². The smallest absolute Gasteiger partial charge is 0.408 e. The number of hydrogen-bond acceptors (Lipinski definition) is 8. The molecule has 3 aromatic rings. The van der Waals surface area contributed by atoms with E-state index in [1.165, 1.54) is 6.42 Å². The fourth-order valence-electron chi connectivity index (χ4n) is 4.25. The number of ether oxygens (including phenoxy) is 2. The van der Waals surface area contributed by atoms with Crippen LogP contribution >= 0.6 is 0 Å². The van der Waals surface area contributed by atoms with Crippen molar-refractivity contribution in [3.8, 4) is 17.2 Å². The van der Waals surface area contributed by atoms with Gasteiger partial charge < -0.3 is 24.9 Å². The minimum absolute atomic E-state index is 0. The predicted molar refractivity (Wildman–Crippen MR) is 150 cm³/mol. The number of primary amides is 1. The summed E-state index contributed by atoms with van der Waals surface area (Å²) in [6.45, 7) is 8.66. The quantitative estimate of drug-likeness (QED) is 0.467. The molecule has 2 fully saturated rings. The number of fused-ring (bicyclic) bond motifs is 1. The number of benzene rings is 2. The number of nitrogens with one attached hydrogen (secondary N) is 1. The van der Waals surface area contributed by atoms with Crippen LogP contribution in [0.4, 0.5) is 0 Å². The number of nitriles is 1. The van der Waals surface area contributed by atoms with Crippen molar-refractivity contribution >= 4 is 17.5 Å². The summed E-state index contributed by atoms with van der Waals surface area (Å²) in [6, 6.07) is 16.3. The van der Waals surface area contributed by atoms with Crippen molar-refractivity contribution in [2.75, 3.05) is 59.2 Å². The topological polar surface area (TPSA) is 136 Å². The minimum atomic E-state index is -0.313. The van der Waals surface area contributed by atoms with Gasteiger partial charge in [-0.15, -0.1) is 0 Å². The molecule has 0 spiro atoms. The molecule has 38 heavy (non-hydrogen) atoms. The van der Waals surface area contributed by atoms with Crippen molar-refractivity contribution in [2.45, 2.75) is 25.8 Å². The molecule has 0 aliphatic carbocycles. The lowest BCUT2D eigenvalue weighted by molar-refractivity contribution is -0.106. The fraction of sp³-hybridized carbons (Fsp3) is 0.464. The molecule has 0 atom stereocenters. The Bertz CT molecular complexity index is 1200. The van der Waals surface area contributed by atoms with E-state index in [2.05, 4.69) is 46.3 Å². The van der Waals surface area contributed by atoms with E-state index in [1.54, 1.807) is 4.57 Å². The van der Waals surface area contributed by atoms with Crippen LogP contribution in [-0.2, 0) is 27.2 Å². The van der Waals surface area contributed by atoms with Crippen molar-refractivity contribution in [1.82, 2.24) is 14.8 Å². The molecular formula is C28H41N5O5. The molecule has 5 rings (SSSR count). The average molecular weight is 528 g/mol. The highest BCUT2D eigenvalue weighted by Crippen LogP contribution is 2.25. The average Bonchev–Trinajstić information content (AvgIpc) is 3.10. The van der Waals surface area contributed by atoms with Crippen LogP contribution in [0.25, 0.3) is 22.2 Å². The van der Waals surface area contributed by atoms with E-state index in [0.717, 1.165) is 87.8 Å². The van der Waals surface area contributed by atoms with Crippen LogP contribution < -0.4 is 16.8 Å². The molecular weight excluding hydrogens is 486 g/mol. The molecule has 10 nitrogen and oxygen atoms in total. The highest BCUT2D eigenvalue weighted by atomic mass is 16.5. The molecule has 0 bridgehead atoms. The summed E-state index contributed by atoms with van der Waals surface area (Å²) >= 11 is 0.